The molecular weight excluding hydrogens is 347 g/mol. The van der Waals surface area contributed by atoms with E-state index in [2.05, 4.69) is 9.97 Å². The van der Waals surface area contributed by atoms with Gasteiger partial charge in [0.15, 0.2) is 5.03 Å². The van der Waals surface area contributed by atoms with E-state index in [1.54, 1.807) is 23.1 Å². The summed E-state index contributed by atoms with van der Waals surface area (Å²) in [6.45, 7) is 1.25. The molecule has 0 bridgehead atoms. The summed E-state index contributed by atoms with van der Waals surface area (Å²) in [4.78, 5) is 20.4. The number of nitrogens with zero attached hydrogens (tertiary/aromatic N) is 3. The van der Waals surface area contributed by atoms with Gasteiger partial charge in [0.1, 0.15) is 5.82 Å². The monoisotopic (exact) mass is 366 g/mol. The number of aromatic amines is 1. The molecule has 1 saturated heterocycles. The normalized spacial score (nSPS) is 16.6. The van der Waals surface area contributed by atoms with Crippen LogP contribution in [0.4, 0.5) is 4.39 Å². The number of aromatic nitrogens is 2. The van der Waals surface area contributed by atoms with Gasteiger partial charge in [0, 0.05) is 26.2 Å². The summed E-state index contributed by atoms with van der Waals surface area (Å²) < 4.78 is 40.1. The van der Waals surface area contributed by atoms with Gasteiger partial charge in [0.25, 0.3) is 10.0 Å². The van der Waals surface area contributed by atoms with Gasteiger partial charge in [-0.3, -0.25) is 4.79 Å². The second-order valence-electron chi connectivity index (χ2n) is 5.82. The first kappa shape index (κ1) is 17.6. The number of sulfonamides is 1. The zero-order chi connectivity index (χ0) is 17.9. The van der Waals surface area contributed by atoms with Gasteiger partial charge in [-0.25, -0.2) is 17.8 Å². The molecule has 9 heteroatoms. The van der Waals surface area contributed by atoms with E-state index in [0.717, 1.165) is 0 Å². The summed E-state index contributed by atoms with van der Waals surface area (Å²) in [6.07, 6.45) is 3.08. The number of halogens is 1. The van der Waals surface area contributed by atoms with Gasteiger partial charge in [-0.15, -0.1) is 0 Å². The van der Waals surface area contributed by atoms with Gasteiger partial charge in [-0.2, -0.15) is 4.31 Å². The highest BCUT2D eigenvalue weighted by atomic mass is 32.2. The summed E-state index contributed by atoms with van der Waals surface area (Å²) in [5.74, 6) is -0.611. The van der Waals surface area contributed by atoms with Crippen molar-refractivity contribution in [2.24, 2.45) is 0 Å². The number of imidazole rings is 1. The number of hydrogen-bond donors (Lipinski definition) is 1. The Hall–Kier alpha value is -2.26. The van der Waals surface area contributed by atoms with Crippen LogP contribution in [0.15, 0.2) is 41.8 Å². The second-order valence-corrected chi connectivity index (χ2v) is 7.73. The molecule has 2 heterocycles. The third kappa shape index (κ3) is 3.88. The molecule has 1 fully saturated rings. The number of rotatable bonds is 4. The number of amides is 1. The largest absolute Gasteiger partial charge is 0.341 e. The molecule has 1 amide bonds. The minimum Gasteiger partial charge on any atom is -0.341 e. The van der Waals surface area contributed by atoms with E-state index < -0.39 is 15.8 Å². The highest BCUT2D eigenvalue weighted by Gasteiger charge is 2.29. The molecule has 7 nitrogen and oxygen atoms in total. The highest BCUT2D eigenvalue weighted by molar-refractivity contribution is 7.89. The van der Waals surface area contributed by atoms with Crippen molar-refractivity contribution in [1.29, 1.82) is 0 Å². The summed E-state index contributed by atoms with van der Waals surface area (Å²) in [5.41, 5.74) is 0.346. The maximum absolute atomic E-state index is 13.7. The fraction of sp³-hybridized carbons (Fsp3) is 0.375. The lowest BCUT2D eigenvalue weighted by Gasteiger charge is -2.21. The van der Waals surface area contributed by atoms with Crippen LogP contribution in [0, 0.1) is 5.82 Å². The highest BCUT2D eigenvalue weighted by Crippen LogP contribution is 2.16. The van der Waals surface area contributed by atoms with Crippen LogP contribution in [0.2, 0.25) is 0 Å². The lowest BCUT2D eigenvalue weighted by molar-refractivity contribution is -0.130. The zero-order valence-corrected chi connectivity index (χ0v) is 14.4. The van der Waals surface area contributed by atoms with Crippen molar-refractivity contribution in [3.63, 3.8) is 0 Å². The standard InChI is InChI=1S/C16H19FN4O3S/c17-14-5-2-1-4-13(14)10-16(22)20-6-3-7-21(9-8-20)25(23,24)15-11-18-12-19-15/h1-2,4-5,11-12H,3,6-10H2,(H,18,19). The number of hydrogen-bond acceptors (Lipinski definition) is 4. The second kappa shape index (κ2) is 7.32. The van der Waals surface area contributed by atoms with E-state index in [0.29, 0.717) is 25.1 Å². The Kier molecular flexibility index (Phi) is 5.14. The minimum atomic E-state index is -3.64. The molecule has 1 aliphatic rings. The smallest absolute Gasteiger partial charge is 0.260 e. The van der Waals surface area contributed by atoms with Crippen LogP contribution in [0.3, 0.4) is 0 Å². The summed E-state index contributed by atoms with van der Waals surface area (Å²) in [7, 11) is -3.64. The molecule has 1 N–H and O–H groups in total. The van der Waals surface area contributed by atoms with Crippen molar-refractivity contribution >= 4 is 15.9 Å². The number of carbonyl (C=O) groups excluding carboxylic acids is 1. The van der Waals surface area contributed by atoms with Gasteiger partial charge in [-0.05, 0) is 18.1 Å². The number of carbonyl (C=O) groups is 1. The quantitative estimate of drug-likeness (QED) is 0.875. The summed E-state index contributed by atoms with van der Waals surface area (Å²) >= 11 is 0. The molecule has 0 radical (unpaired) electrons. The number of benzene rings is 1. The van der Waals surface area contributed by atoms with Crippen molar-refractivity contribution in [1.82, 2.24) is 19.2 Å². The maximum atomic E-state index is 13.7. The topological polar surface area (TPSA) is 86.4 Å². The molecule has 25 heavy (non-hydrogen) atoms. The average molecular weight is 366 g/mol. The van der Waals surface area contributed by atoms with E-state index in [1.807, 2.05) is 0 Å². The van der Waals surface area contributed by atoms with E-state index in [9.17, 15) is 17.6 Å². The molecule has 1 aromatic heterocycles. The van der Waals surface area contributed by atoms with Crippen LogP contribution in [0.25, 0.3) is 0 Å². The molecular formula is C16H19FN4O3S. The maximum Gasteiger partial charge on any atom is 0.260 e. The summed E-state index contributed by atoms with van der Waals surface area (Å²) in [5, 5.41) is 0.0404. The lowest BCUT2D eigenvalue weighted by atomic mass is 10.1. The molecule has 134 valence electrons. The van der Waals surface area contributed by atoms with Crippen LogP contribution in [-0.4, -0.2) is 59.7 Å². The fourth-order valence-electron chi connectivity index (χ4n) is 2.82. The Morgan fingerprint density at radius 1 is 1.20 bits per heavy atom. The van der Waals surface area contributed by atoms with Gasteiger partial charge in [-0.1, -0.05) is 18.2 Å². The van der Waals surface area contributed by atoms with E-state index in [-0.39, 0.29) is 30.4 Å². The van der Waals surface area contributed by atoms with Crippen LogP contribution in [0.5, 0.6) is 0 Å². The van der Waals surface area contributed by atoms with Crippen LogP contribution < -0.4 is 0 Å². The van der Waals surface area contributed by atoms with Crippen LogP contribution >= 0.6 is 0 Å². The first-order valence-electron chi connectivity index (χ1n) is 7.98. The molecule has 0 saturated carbocycles. The Labute approximate surface area is 145 Å². The van der Waals surface area contributed by atoms with Gasteiger partial charge >= 0.3 is 0 Å². The molecule has 3 rings (SSSR count). The van der Waals surface area contributed by atoms with E-state index in [4.69, 9.17) is 0 Å². The van der Waals surface area contributed by atoms with Crippen molar-refractivity contribution in [2.45, 2.75) is 17.9 Å². The van der Waals surface area contributed by atoms with Crippen molar-refractivity contribution in [2.75, 3.05) is 26.2 Å². The van der Waals surface area contributed by atoms with Gasteiger partial charge in [0.05, 0.1) is 18.9 Å². The third-order valence-corrected chi connectivity index (χ3v) is 6.02. The van der Waals surface area contributed by atoms with E-state index >= 15 is 0 Å². The molecule has 1 aliphatic heterocycles. The zero-order valence-electron chi connectivity index (χ0n) is 13.6. The SMILES string of the molecule is O=C(Cc1ccccc1F)N1CCCN(S(=O)(=O)c2cnc[nH]2)CC1. The van der Waals surface area contributed by atoms with Crippen molar-refractivity contribution in [3.8, 4) is 0 Å². The first-order chi connectivity index (χ1) is 12.0. The Balaban J connectivity index is 1.65. The minimum absolute atomic E-state index is 0.0278. The predicted octanol–water partition coefficient (Wildman–Crippen LogP) is 1.01. The van der Waals surface area contributed by atoms with E-state index in [1.165, 1.54) is 22.9 Å². The predicted molar refractivity (Wildman–Crippen MR) is 88.6 cm³/mol. The van der Waals surface area contributed by atoms with Crippen LogP contribution in [-0.2, 0) is 21.2 Å². The third-order valence-electron chi connectivity index (χ3n) is 4.20. The lowest BCUT2D eigenvalue weighted by Crippen LogP contribution is -2.38. The van der Waals surface area contributed by atoms with Crippen LogP contribution in [0.1, 0.15) is 12.0 Å². The Bertz CT molecular complexity index is 839. The van der Waals surface area contributed by atoms with Gasteiger partial charge < -0.3 is 9.88 Å². The van der Waals surface area contributed by atoms with Gasteiger partial charge in [0.2, 0.25) is 5.91 Å². The first-order valence-corrected chi connectivity index (χ1v) is 9.42. The number of nitrogens with one attached hydrogen (secondary N) is 1. The van der Waals surface area contributed by atoms with Crippen molar-refractivity contribution in [3.05, 3.63) is 48.2 Å². The average Bonchev–Trinajstić information content (AvgIpc) is 3.02. The summed E-state index contributed by atoms with van der Waals surface area (Å²) in [6, 6.07) is 6.17. The molecule has 0 spiro atoms. The molecule has 0 atom stereocenters. The molecule has 0 unspecified atom stereocenters. The molecule has 0 aliphatic carbocycles. The number of H-pyrrole nitrogens is 1. The van der Waals surface area contributed by atoms with Crippen molar-refractivity contribution < 1.29 is 17.6 Å². The Morgan fingerprint density at radius 3 is 2.72 bits per heavy atom. The molecule has 2 aromatic rings. The Morgan fingerprint density at radius 2 is 2.00 bits per heavy atom. The molecule has 1 aromatic carbocycles. The fourth-order valence-corrected chi connectivity index (χ4v) is 4.19.